The molecule has 0 radical (unpaired) electrons. The quantitative estimate of drug-likeness (QED) is 0.232. The van der Waals surface area contributed by atoms with Crippen LogP contribution >= 0.6 is 0 Å². The minimum Gasteiger partial charge on any atom is -0.444 e. The van der Waals surface area contributed by atoms with Crippen LogP contribution in [-0.4, -0.2) is 28.0 Å². The van der Waals surface area contributed by atoms with E-state index in [2.05, 4.69) is 10.6 Å². The Morgan fingerprint density at radius 3 is 2.42 bits per heavy atom. The summed E-state index contributed by atoms with van der Waals surface area (Å²) in [6.45, 7) is 5.33. The summed E-state index contributed by atoms with van der Waals surface area (Å²) in [4.78, 5) is 36.9. The number of carbonyl (C=O) groups excluding carboxylic acids is 3. The molecule has 1 heterocycles. The Morgan fingerprint density at radius 1 is 0.944 bits per heavy atom. The van der Waals surface area contributed by atoms with E-state index in [0.29, 0.717) is 22.6 Å². The van der Waals surface area contributed by atoms with Gasteiger partial charge in [0, 0.05) is 36.3 Å². The Labute approximate surface area is 210 Å². The molecule has 8 nitrogen and oxygen atoms in total. The third-order valence-electron chi connectivity index (χ3n) is 4.91. The molecular weight excluding hydrogens is 456 g/mol. The normalized spacial score (nSPS) is 11.6. The third kappa shape index (κ3) is 7.73. The van der Waals surface area contributed by atoms with E-state index in [0.717, 1.165) is 11.3 Å². The summed E-state index contributed by atoms with van der Waals surface area (Å²) in [6.07, 6.45) is 7.51. The van der Waals surface area contributed by atoms with Crippen LogP contribution in [0.3, 0.4) is 0 Å². The highest BCUT2D eigenvalue weighted by atomic mass is 16.6. The van der Waals surface area contributed by atoms with Crippen molar-refractivity contribution in [3.8, 4) is 0 Å². The van der Waals surface area contributed by atoms with Gasteiger partial charge in [0.05, 0.1) is 11.4 Å². The van der Waals surface area contributed by atoms with Crippen LogP contribution in [0.2, 0.25) is 0 Å². The Kier molecular flexibility index (Phi) is 8.11. The highest BCUT2D eigenvalue weighted by Crippen LogP contribution is 2.18. The number of amides is 2. The minimum absolute atomic E-state index is 0.219. The SMILES string of the molecule is Cn1cc(/C=C/C(=O)c2cccc(NC(=O)OC(C)(C)C)c2)cc1/C=C/C(=O)Nc1ccccc1N. The zero-order valence-electron chi connectivity index (χ0n) is 20.7. The summed E-state index contributed by atoms with van der Waals surface area (Å²) in [5, 5.41) is 5.37. The molecule has 0 saturated heterocycles. The molecule has 1 aromatic heterocycles. The van der Waals surface area contributed by atoms with E-state index >= 15 is 0 Å². The minimum atomic E-state index is -0.621. The van der Waals surface area contributed by atoms with Crippen molar-refractivity contribution < 1.29 is 19.1 Å². The van der Waals surface area contributed by atoms with Crippen molar-refractivity contribution in [3.05, 3.63) is 89.8 Å². The van der Waals surface area contributed by atoms with Gasteiger partial charge in [-0.2, -0.15) is 0 Å². The smallest absolute Gasteiger partial charge is 0.412 e. The van der Waals surface area contributed by atoms with Crippen LogP contribution in [0.15, 0.2) is 72.9 Å². The summed E-state index contributed by atoms with van der Waals surface area (Å²) < 4.78 is 7.09. The monoisotopic (exact) mass is 486 g/mol. The lowest BCUT2D eigenvalue weighted by molar-refractivity contribution is -0.111. The number of nitrogens with two attached hydrogens (primary N) is 1. The average molecular weight is 487 g/mol. The van der Waals surface area contributed by atoms with Gasteiger partial charge in [0.25, 0.3) is 0 Å². The molecule has 0 bridgehead atoms. The molecule has 0 aliphatic rings. The van der Waals surface area contributed by atoms with Gasteiger partial charge in [-0.25, -0.2) is 4.79 Å². The molecule has 0 spiro atoms. The number of rotatable bonds is 7. The number of aromatic nitrogens is 1. The predicted molar refractivity (Wildman–Crippen MR) is 144 cm³/mol. The molecule has 0 aliphatic heterocycles. The van der Waals surface area contributed by atoms with Gasteiger partial charge in [0.15, 0.2) is 5.78 Å². The average Bonchev–Trinajstić information content (AvgIpc) is 3.16. The molecule has 4 N–H and O–H groups in total. The molecule has 0 aliphatic carbocycles. The van der Waals surface area contributed by atoms with Crippen LogP contribution in [0.25, 0.3) is 12.2 Å². The number of allylic oxidation sites excluding steroid dienone is 1. The highest BCUT2D eigenvalue weighted by molar-refractivity contribution is 6.07. The molecule has 0 unspecified atom stereocenters. The number of para-hydroxylation sites is 2. The van der Waals surface area contributed by atoms with Crippen LogP contribution in [0.4, 0.5) is 21.9 Å². The van der Waals surface area contributed by atoms with Crippen molar-refractivity contribution in [1.29, 1.82) is 0 Å². The molecule has 36 heavy (non-hydrogen) atoms. The second kappa shape index (κ2) is 11.2. The van der Waals surface area contributed by atoms with Crippen molar-refractivity contribution in [2.24, 2.45) is 7.05 Å². The van der Waals surface area contributed by atoms with E-state index in [-0.39, 0.29) is 11.7 Å². The van der Waals surface area contributed by atoms with Crippen LogP contribution in [0.1, 0.15) is 42.4 Å². The number of ketones is 1. The van der Waals surface area contributed by atoms with E-state index < -0.39 is 11.7 Å². The molecule has 3 aromatic rings. The molecule has 0 fully saturated rings. The van der Waals surface area contributed by atoms with Crippen LogP contribution in [0, 0.1) is 0 Å². The maximum Gasteiger partial charge on any atom is 0.412 e. The molecule has 186 valence electrons. The summed E-state index contributed by atoms with van der Waals surface area (Å²) >= 11 is 0. The summed E-state index contributed by atoms with van der Waals surface area (Å²) in [5.41, 5.74) is 8.73. The second-order valence-electron chi connectivity index (χ2n) is 9.12. The summed E-state index contributed by atoms with van der Waals surface area (Å²) in [6, 6.07) is 15.5. The fourth-order valence-electron chi connectivity index (χ4n) is 3.25. The molecular formula is C28H30N4O4. The Bertz CT molecular complexity index is 1330. The molecule has 0 saturated carbocycles. The van der Waals surface area contributed by atoms with E-state index in [1.165, 1.54) is 12.2 Å². The molecule has 2 amide bonds. The van der Waals surface area contributed by atoms with Gasteiger partial charge in [0.1, 0.15) is 5.60 Å². The van der Waals surface area contributed by atoms with Gasteiger partial charge < -0.3 is 20.4 Å². The van der Waals surface area contributed by atoms with Gasteiger partial charge in [0.2, 0.25) is 5.91 Å². The Hall–Kier alpha value is -4.59. The number of nitrogens with zero attached hydrogens (tertiary/aromatic N) is 1. The van der Waals surface area contributed by atoms with Gasteiger partial charge in [-0.05, 0) is 74.9 Å². The zero-order chi connectivity index (χ0) is 26.3. The van der Waals surface area contributed by atoms with Crippen molar-refractivity contribution >= 4 is 47.0 Å². The lowest BCUT2D eigenvalue weighted by Gasteiger charge is -2.19. The van der Waals surface area contributed by atoms with E-state index in [9.17, 15) is 14.4 Å². The fourth-order valence-corrected chi connectivity index (χ4v) is 3.25. The first-order chi connectivity index (χ1) is 17.0. The highest BCUT2D eigenvalue weighted by Gasteiger charge is 2.16. The molecule has 2 aromatic carbocycles. The van der Waals surface area contributed by atoms with Crippen LogP contribution in [-0.2, 0) is 16.6 Å². The van der Waals surface area contributed by atoms with Crippen molar-refractivity contribution in [1.82, 2.24) is 4.57 Å². The number of carbonyl (C=O) groups is 3. The number of ether oxygens (including phenoxy) is 1. The van der Waals surface area contributed by atoms with Crippen LogP contribution in [0.5, 0.6) is 0 Å². The lowest BCUT2D eigenvalue weighted by atomic mass is 10.1. The predicted octanol–water partition coefficient (Wildman–Crippen LogP) is 5.50. The first-order valence-electron chi connectivity index (χ1n) is 11.3. The second-order valence-corrected chi connectivity index (χ2v) is 9.12. The van der Waals surface area contributed by atoms with Gasteiger partial charge in [-0.15, -0.1) is 0 Å². The third-order valence-corrected chi connectivity index (χ3v) is 4.91. The maximum atomic E-state index is 12.7. The number of anilines is 3. The van der Waals surface area contributed by atoms with E-state index in [4.69, 9.17) is 10.5 Å². The molecule has 3 rings (SSSR count). The number of nitrogens with one attached hydrogen (secondary N) is 2. The number of hydrogen-bond donors (Lipinski definition) is 3. The summed E-state index contributed by atoms with van der Waals surface area (Å²) in [7, 11) is 1.84. The van der Waals surface area contributed by atoms with Gasteiger partial charge in [-0.1, -0.05) is 24.3 Å². The van der Waals surface area contributed by atoms with Gasteiger partial charge >= 0.3 is 6.09 Å². The lowest BCUT2D eigenvalue weighted by Crippen LogP contribution is -2.27. The van der Waals surface area contributed by atoms with E-state index in [1.807, 2.05) is 23.9 Å². The van der Waals surface area contributed by atoms with Crippen LogP contribution < -0.4 is 16.4 Å². The van der Waals surface area contributed by atoms with Crippen molar-refractivity contribution in [2.45, 2.75) is 26.4 Å². The first-order valence-corrected chi connectivity index (χ1v) is 11.3. The largest absolute Gasteiger partial charge is 0.444 e. The van der Waals surface area contributed by atoms with E-state index in [1.54, 1.807) is 81.5 Å². The Balaban J connectivity index is 1.63. The number of hydrogen-bond acceptors (Lipinski definition) is 5. The first kappa shape index (κ1) is 26.0. The zero-order valence-corrected chi connectivity index (χ0v) is 20.7. The van der Waals surface area contributed by atoms with Gasteiger partial charge in [-0.3, -0.25) is 14.9 Å². The maximum absolute atomic E-state index is 12.7. The fraction of sp³-hybridized carbons (Fsp3) is 0.179. The summed E-state index contributed by atoms with van der Waals surface area (Å²) in [5.74, 6) is -0.523. The number of aryl methyl sites for hydroxylation is 1. The van der Waals surface area contributed by atoms with Crippen molar-refractivity contribution in [3.63, 3.8) is 0 Å². The number of benzene rings is 2. The topological polar surface area (TPSA) is 115 Å². The Morgan fingerprint density at radius 2 is 1.69 bits per heavy atom. The molecule has 8 heteroatoms. The number of nitrogen functional groups attached to an aromatic ring is 1. The molecule has 0 atom stereocenters. The van der Waals surface area contributed by atoms with Crippen molar-refractivity contribution in [2.75, 3.05) is 16.4 Å². The standard InChI is InChI=1S/C28H30N4O4/c1-28(2,3)36-27(35)30-21-9-7-8-20(17-21)25(33)14-12-19-16-22(32(4)18-19)13-15-26(34)31-24-11-6-5-10-23(24)29/h5-18H,29H2,1-4H3,(H,30,35)(H,31,34)/b14-12+,15-13+.